The average molecular weight is 919 g/mol. The fraction of sp³-hybridized carbons (Fsp3) is 0.976. The molecule has 0 amide bonds. The van der Waals surface area contributed by atoms with E-state index in [4.69, 9.17) is 37.9 Å². The van der Waals surface area contributed by atoms with Crippen molar-refractivity contribution in [2.24, 2.45) is 0 Å². The monoisotopic (exact) mass is 918 g/mol. The van der Waals surface area contributed by atoms with E-state index >= 15 is 0 Å². The van der Waals surface area contributed by atoms with E-state index in [1.807, 2.05) is 6.92 Å². The predicted molar refractivity (Wildman–Crippen MR) is 213 cm³/mol. The number of rotatable bonds is 24. The van der Waals surface area contributed by atoms with Gasteiger partial charge in [-0.05, 0) is 33.1 Å². The molecule has 0 saturated carbocycles. The lowest BCUT2D eigenvalue weighted by molar-refractivity contribution is -0.396. The van der Waals surface area contributed by atoms with Gasteiger partial charge in [0.15, 0.2) is 25.2 Å². The second kappa shape index (κ2) is 26.3. The quantitative estimate of drug-likeness (QED) is 0.0338. The molecule has 0 radical (unpaired) electrons. The maximum Gasteiger partial charge on any atom is 0.308 e. The zero-order valence-electron chi connectivity index (χ0n) is 36.6. The summed E-state index contributed by atoms with van der Waals surface area (Å²) in [5, 5.41) is 128. The lowest BCUT2D eigenvalue weighted by Crippen LogP contribution is -2.67. The summed E-state index contributed by atoms with van der Waals surface area (Å²) < 4.78 is 52.1. The standard InChI is InChI=1S/C41H74O22/c1-5-6-14-22(15-12-10-8-7-9-11-13-21(43)16-25(44)55-4)59-40-36(33(52)29(48)24(61-40)18-56-38-34(53)30(49)26(45)19(2)57-38)63-41-37(32(51)28(47)23(17-42)60-41)62-39-35(54)31(50)27(46)20(3)58-39/h19-24,26-43,45-54H,5-18H2,1-4H3/t19-,20-,21-,22-,23+,24+,26-,27-,28+,29+,30+,31+,32-,33-,34+,35+,36+,37+,38+,39-,40+,41-/m0/s1. The van der Waals surface area contributed by atoms with Crippen LogP contribution in [-0.2, 0) is 47.4 Å². The third-order valence-electron chi connectivity index (χ3n) is 12.2. The normalized spacial score (nSPS) is 42.2. The summed E-state index contributed by atoms with van der Waals surface area (Å²) in [6.07, 6.45) is -24.9. The Morgan fingerprint density at radius 3 is 1.63 bits per heavy atom. The Balaban J connectivity index is 1.51. The first-order chi connectivity index (χ1) is 29.9. The molecule has 22 atom stereocenters. The fourth-order valence-electron chi connectivity index (χ4n) is 8.12. The smallest absolute Gasteiger partial charge is 0.308 e. The number of carbonyl (C=O) groups excluding carboxylic acids is 1. The summed E-state index contributed by atoms with van der Waals surface area (Å²) in [5.74, 6) is -0.461. The van der Waals surface area contributed by atoms with Gasteiger partial charge in [0.05, 0.1) is 51.2 Å². The molecule has 4 rings (SSSR count). The highest BCUT2D eigenvalue weighted by Crippen LogP contribution is 2.35. The van der Waals surface area contributed by atoms with Crippen LogP contribution < -0.4 is 0 Å². The maximum absolute atomic E-state index is 11.7. The molecule has 0 bridgehead atoms. The van der Waals surface area contributed by atoms with Crippen molar-refractivity contribution >= 4 is 5.97 Å². The molecule has 0 aliphatic carbocycles. The van der Waals surface area contributed by atoms with Crippen molar-refractivity contribution in [2.45, 2.75) is 233 Å². The molecule has 370 valence electrons. The van der Waals surface area contributed by atoms with Crippen LogP contribution >= 0.6 is 0 Å². The first kappa shape index (κ1) is 54.3. The molecule has 4 aliphatic heterocycles. The number of carbonyl (C=O) groups is 1. The van der Waals surface area contributed by atoms with Gasteiger partial charge in [0.2, 0.25) is 0 Å². The lowest BCUT2D eigenvalue weighted by atomic mass is 9.96. The van der Waals surface area contributed by atoms with Crippen molar-refractivity contribution in [2.75, 3.05) is 20.3 Å². The van der Waals surface area contributed by atoms with E-state index in [1.54, 1.807) is 0 Å². The highest BCUT2D eigenvalue weighted by atomic mass is 16.8. The van der Waals surface area contributed by atoms with Crippen molar-refractivity contribution in [1.29, 1.82) is 0 Å². The van der Waals surface area contributed by atoms with E-state index in [9.17, 15) is 66.1 Å². The Hall–Kier alpha value is -1.33. The summed E-state index contributed by atoms with van der Waals surface area (Å²) >= 11 is 0. The van der Waals surface area contributed by atoms with E-state index in [2.05, 4.69) is 4.74 Å². The number of hydrogen-bond acceptors (Lipinski definition) is 22. The Kier molecular flexibility index (Phi) is 22.6. The van der Waals surface area contributed by atoms with Crippen molar-refractivity contribution in [3.8, 4) is 0 Å². The molecule has 0 spiro atoms. The molecule has 0 unspecified atom stereocenters. The zero-order valence-corrected chi connectivity index (χ0v) is 36.6. The highest BCUT2D eigenvalue weighted by Gasteiger charge is 2.54. The maximum atomic E-state index is 11.7. The molecular weight excluding hydrogens is 844 g/mol. The third-order valence-corrected chi connectivity index (χ3v) is 12.2. The predicted octanol–water partition coefficient (Wildman–Crippen LogP) is -3.07. The van der Waals surface area contributed by atoms with Gasteiger partial charge >= 0.3 is 5.97 Å². The summed E-state index contributed by atoms with van der Waals surface area (Å²) in [7, 11) is 1.28. The van der Waals surface area contributed by atoms with E-state index in [0.29, 0.717) is 19.3 Å². The van der Waals surface area contributed by atoms with Gasteiger partial charge in [-0.15, -0.1) is 0 Å². The number of esters is 1. The van der Waals surface area contributed by atoms with Gasteiger partial charge < -0.3 is 104 Å². The van der Waals surface area contributed by atoms with Crippen LogP contribution in [0.25, 0.3) is 0 Å². The fourth-order valence-corrected chi connectivity index (χ4v) is 8.12. The van der Waals surface area contributed by atoms with Gasteiger partial charge in [0, 0.05) is 0 Å². The molecule has 63 heavy (non-hydrogen) atoms. The summed E-state index contributed by atoms with van der Waals surface area (Å²) in [6.45, 7) is 3.54. The van der Waals surface area contributed by atoms with Gasteiger partial charge in [-0.1, -0.05) is 58.3 Å². The molecule has 0 aromatic carbocycles. The molecule has 4 aliphatic rings. The number of methoxy groups -OCH3 is 1. The summed E-state index contributed by atoms with van der Waals surface area (Å²) in [6, 6.07) is 0. The van der Waals surface area contributed by atoms with E-state index in [1.165, 1.54) is 21.0 Å². The second-order valence-corrected chi connectivity index (χ2v) is 17.2. The second-order valence-electron chi connectivity index (χ2n) is 17.2. The molecule has 0 aromatic heterocycles. The van der Waals surface area contributed by atoms with Crippen molar-refractivity contribution < 1.29 is 109 Å². The third kappa shape index (κ3) is 14.8. The van der Waals surface area contributed by atoms with Crippen LogP contribution in [0.4, 0.5) is 0 Å². The minimum Gasteiger partial charge on any atom is -0.469 e. The summed E-state index contributed by atoms with van der Waals surface area (Å²) in [4.78, 5) is 11.4. The van der Waals surface area contributed by atoms with Crippen LogP contribution in [0, 0.1) is 0 Å². The Bertz CT molecular complexity index is 1300. The van der Waals surface area contributed by atoms with Gasteiger partial charge in [-0.25, -0.2) is 0 Å². The van der Waals surface area contributed by atoms with E-state index in [0.717, 1.165) is 51.4 Å². The van der Waals surface area contributed by atoms with Gasteiger partial charge in [0.1, 0.15) is 85.5 Å². The summed E-state index contributed by atoms with van der Waals surface area (Å²) in [5.41, 5.74) is 0. The number of aliphatic hydroxyl groups is 12. The van der Waals surface area contributed by atoms with E-state index in [-0.39, 0.29) is 6.42 Å². The van der Waals surface area contributed by atoms with Gasteiger partial charge in [-0.2, -0.15) is 0 Å². The van der Waals surface area contributed by atoms with Crippen LogP contribution in [0.3, 0.4) is 0 Å². The first-order valence-electron chi connectivity index (χ1n) is 22.3. The minimum atomic E-state index is -1.89. The van der Waals surface area contributed by atoms with Gasteiger partial charge in [-0.3, -0.25) is 4.79 Å². The van der Waals surface area contributed by atoms with E-state index < -0.39 is 154 Å². The largest absolute Gasteiger partial charge is 0.469 e. The highest BCUT2D eigenvalue weighted by molar-refractivity contribution is 5.69. The molecule has 22 nitrogen and oxygen atoms in total. The van der Waals surface area contributed by atoms with Crippen molar-refractivity contribution in [3.05, 3.63) is 0 Å². The van der Waals surface area contributed by atoms with Crippen LogP contribution in [0.2, 0.25) is 0 Å². The average Bonchev–Trinajstić information content (AvgIpc) is 3.26. The molecule has 4 saturated heterocycles. The Labute approximate surface area is 367 Å². The number of aliphatic hydroxyl groups excluding tert-OH is 12. The van der Waals surface area contributed by atoms with Crippen molar-refractivity contribution in [3.63, 3.8) is 0 Å². The molecular formula is C41H74O22. The molecule has 12 N–H and O–H groups in total. The number of hydrogen-bond donors (Lipinski definition) is 12. The number of ether oxygens (including phenoxy) is 9. The SMILES string of the molecule is CCCC[C@@H](CCCCCCCC[C@H](O)CC(=O)OC)O[C@@H]1O[C@H](CO[C@@H]2O[C@@H](C)[C@H](O)[C@@H](O)[C@H]2O)[C@@H](O)[C@H](O)[C@H]1O[C@@H]1O[C@H](CO)[C@@H](O)[C@H](O)[C@H]1O[C@@H]1O[C@@H](C)[C@H](O)[C@@H](O)[C@H]1O. The Morgan fingerprint density at radius 1 is 0.556 bits per heavy atom. The number of unbranched alkanes of at least 4 members (excludes halogenated alkanes) is 6. The van der Waals surface area contributed by atoms with Crippen LogP contribution in [0.15, 0.2) is 0 Å². The van der Waals surface area contributed by atoms with Gasteiger partial charge in [0.25, 0.3) is 0 Å². The van der Waals surface area contributed by atoms with Crippen LogP contribution in [0.5, 0.6) is 0 Å². The molecule has 0 aromatic rings. The topological polar surface area (TPSA) is 343 Å². The first-order valence-corrected chi connectivity index (χ1v) is 22.3. The van der Waals surface area contributed by atoms with Crippen LogP contribution in [-0.4, -0.2) is 223 Å². The molecule has 4 heterocycles. The molecule has 22 heteroatoms. The zero-order chi connectivity index (χ0) is 46.5. The lowest BCUT2D eigenvalue weighted by Gasteiger charge is -2.49. The molecule has 4 fully saturated rings. The van der Waals surface area contributed by atoms with Crippen molar-refractivity contribution in [1.82, 2.24) is 0 Å². The minimum absolute atomic E-state index is 0.0472. The Morgan fingerprint density at radius 2 is 1.05 bits per heavy atom. The van der Waals surface area contributed by atoms with Crippen LogP contribution in [0.1, 0.15) is 97.8 Å².